The van der Waals surface area contributed by atoms with Crippen LogP contribution in [0.2, 0.25) is 0 Å². The lowest BCUT2D eigenvalue weighted by molar-refractivity contribution is -0.151. The predicted octanol–water partition coefficient (Wildman–Crippen LogP) is 3.25. The quantitative estimate of drug-likeness (QED) is 0.766. The highest BCUT2D eigenvalue weighted by molar-refractivity contribution is 5.82. The molecule has 140 valence electrons. The highest BCUT2D eigenvalue weighted by atomic mass is 19.1. The van der Waals surface area contributed by atoms with Crippen LogP contribution in [0.5, 0.6) is 0 Å². The van der Waals surface area contributed by atoms with Crippen molar-refractivity contribution in [1.29, 1.82) is 0 Å². The summed E-state index contributed by atoms with van der Waals surface area (Å²) in [5.41, 5.74) is 3.13. The molecule has 0 unspecified atom stereocenters. The van der Waals surface area contributed by atoms with Crippen LogP contribution in [-0.4, -0.2) is 42.3 Å². The summed E-state index contributed by atoms with van der Waals surface area (Å²) >= 11 is 0. The molecule has 5 rings (SSSR count). The normalized spacial score (nSPS) is 29.4. The standard InChI is InChI=1S/C22H22FNO3/c23-17-7-5-16(6-8-17)20-18-4-2-1-3-15(18)9-11-24(20)21(25)19-13-22(14-27-22)10-12-26-19/h1-8,19-20H,9-14H2/t19-,20+,22+/m1/s1. The molecular weight excluding hydrogens is 345 g/mol. The van der Waals surface area contributed by atoms with Gasteiger partial charge in [-0.1, -0.05) is 36.4 Å². The highest BCUT2D eigenvalue weighted by Crippen LogP contribution is 2.41. The number of carbonyl (C=O) groups excluding carboxylic acids is 1. The number of amides is 1. The summed E-state index contributed by atoms with van der Waals surface area (Å²) in [6.07, 6.45) is 1.84. The molecule has 0 aliphatic carbocycles. The van der Waals surface area contributed by atoms with Crippen molar-refractivity contribution in [2.45, 2.75) is 37.0 Å². The van der Waals surface area contributed by atoms with Gasteiger partial charge in [0.15, 0.2) is 0 Å². The largest absolute Gasteiger partial charge is 0.369 e. The second kappa shape index (κ2) is 6.43. The van der Waals surface area contributed by atoms with Crippen LogP contribution in [0.4, 0.5) is 4.39 Å². The summed E-state index contributed by atoms with van der Waals surface area (Å²) in [5, 5.41) is 0. The Balaban J connectivity index is 1.50. The molecule has 4 nitrogen and oxygen atoms in total. The molecule has 0 radical (unpaired) electrons. The number of benzene rings is 2. The Hall–Kier alpha value is -2.24. The van der Waals surface area contributed by atoms with E-state index in [0.717, 1.165) is 30.6 Å². The first-order valence-electron chi connectivity index (χ1n) is 9.55. The summed E-state index contributed by atoms with van der Waals surface area (Å²) in [7, 11) is 0. The lowest BCUT2D eigenvalue weighted by atomic mass is 9.87. The fraction of sp³-hybridized carbons (Fsp3) is 0.409. The van der Waals surface area contributed by atoms with E-state index in [0.29, 0.717) is 19.6 Å². The van der Waals surface area contributed by atoms with E-state index in [1.807, 2.05) is 17.0 Å². The first-order chi connectivity index (χ1) is 13.2. The van der Waals surface area contributed by atoms with Crippen molar-refractivity contribution in [3.05, 3.63) is 71.0 Å². The zero-order valence-corrected chi connectivity index (χ0v) is 15.1. The summed E-state index contributed by atoms with van der Waals surface area (Å²) in [6, 6.07) is 14.4. The molecule has 5 heteroatoms. The number of carbonyl (C=O) groups is 1. The smallest absolute Gasteiger partial charge is 0.252 e. The summed E-state index contributed by atoms with van der Waals surface area (Å²) < 4.78 is 24.9. The van der Waals surface area contributed by atoms with Crippen LogP contribution in [0, 0.1) is 5.82 Å². The average molecular weight is 367 g/mol. The van der Waals surface area contributed by atoms with Gasteiger partial charge in [-0.2, -0.15) is 0 Å². The molecule has 2 fully saturated rings. The van der Waals surface area contributed by atoms with Gasteiger partial charge in [0.2, 0.25) is 0 Å². The van der Waals surface area contributed by atoms with Gasteiger partial charge in [-0.25, -0.2) is 4.39 Å². The predicted molar refractivity (Wildman–Crippen MR) is 97.8 cm³/mol. The van der Waals surface area contributed by atoms with Gasteiger partial charge in [0, 0.05) is 19.4 Å². The van der Waals surface area contributed by atoms with Crippen molar-refractivity contribution in [1.82, 2.24) is 4.90 Å². The van der Waals surface area contributed by atoms with Gasteiger partial charge in [-0.3, -0.25) is 4.79 Å². The van der Waals surface area contributed by atoms with E-state index >= 15 is 0 Å². The average Bonchev–Trinajstić information content (AvgIpc) is 3.45. The van der Waals surface area contributed by atoms with Crippen LogP contribution in [0.25, 0.3) is 0 Å². The summed E-state index contributed by atoms with van der Waals surface area (Å²) in [5.74, 6) is -0.266. The van der Waals surface area contributed by atoms with Crippen LogP contribution >= 0.6 is 0 Å². The van der Waals surface area contributed by atoms with E-state index in [1.54, 1.807) is 12.1 Å². The van der Waals surface area contributed by atoms with Crippen molar-refractivity contribution < 1.29 is 18.7 Å². The Morgan fingerprint density at radius 1 is 1.15 bits per heavy atom. The van der Waals surface area contributed by atoms with Gasteiger partial charge < -0.3 is 14.4 Å². The van der Waals surface area contributed by atoms with Crippen molar-refractivity contribution in [2.75, 3.05) is 19.8 Å². The van der Waals surface area contributed by atoms with Gasteiger partial charge in [0.05, 0.1) is 24.9 Å². The van der Waals surface area contributed by atoms with Crippen LogP contribution in [-0.2, 0) is 20.7 Å². The third kappa shape index (κ3) is 3.05. The Labute approximate surface area is 157 Å². The molecule has 0 aromatic heterocycles. The van der Waals surface area contributed by atoms with E-state index < -0.39 is 6.10 Å². The molecule has 3 heterocycles. The van der Waals surface area contributed by atoms with Crippen LogP contribution in [0.1, 0.15) is 35.6 Å². The molecule has 3 aliphatic rings. The highest BCUT2D eigenvalue weighted by Gasteiger charge is 2.51. The van der Waals surface area contributed by atoms with Crippen LogP contribution in [0.15, 0.2) is 48.5 Å². The van der Waals surface area contributed by atoms with E-state index in [2.05, 4.69) is 12.1 Å². The minimum absolute atomic E-state index is 0.00778. The molecule has 0 N–H and O–H groups in total. The Bertz CT molecular complexity index is 862. The van der Waals surface area contributed by atoms with Gasteiger partial charge in [0.25, 0.3) is 5.91 Å². The van der Waals surface area contributed by atoms with E-state index in [9.17, 15) is 9.18 Å². The fourth-order valence-corrected chi connectivity index (χ4v) is 4.40. The summed E-state index contributed by atoms with van der Waals surface area (Å²) in [6.45, 7) is 1.91. The SMILES string of the molecule is O=C([C@H]1C[C@@]2(CCO1)CO2)N1CCc2ccccc2[C@@H]1c1ccc(F)cc1. The number of hydrogen-bond acceptors (Lipinski definition) is 3. The first-order valence-corrected chi connectivity index (χ1v) is 9.55. The van der Waals surface area contributed by atoms with E-state index in [1.165, 1.54) is 17.7 Å². The third-order valence-corrected chi connectivity index (χ3v) is 6.01. The second-order valence-electron chi connectivity index (χ2n) is 7.72. The number of epoxide rings is 1. The molecule has 0 bridgehead atoms. The van der Waals surface area contributed by atoms with Gasteiger partial charge in [-0.05, 0) is 35.2 Å². The maximum Gasteiger partial charge on any atom is 0.252 e. The summed E-state index contributed by atoms with van der Waals surface area (Å²) in [4.78, 5) is 15.3. The molecule has 2 aromatic rings. The lowest BCUT2D eigenvalue weighted by Crippen LogP contribution is -2.49. The molecule has 3 atom stereocenters. The number of halogens is 1. The Morgan fingerprint density at radius 3 is 2.70 bits per heavy atom. The zero-order valence-electron chi connectivity index (χ0n) is 15.1. The molecule has 3 aliphatic heterocycles. The third-order valence-electron chi connectivity index (χ3n) is 6.01. The number of rotatable bonds is 2. The minimum Gasteiger partial charge on any atom is -0.369 e. The monoisotopic (exact) mass is 367 g/mol. The molecule has 27 heavy (non-hydrogen) atoms. The number of nitrogens with zero attached hydrogens (tertiary/aromatic N) is 1. The molecule has 0 saturated carbocycles. The molecule has 1 spiro atoms. The van der Waals surface area contributed by atoms with Crippen molar-refractivity contribution >= 4 is 5.91 Å². The van der Waals surface area contributed by atoms with Gasteiger partial charge >= 0.3 is 0 Å². The minimum atomic E-state index is -0.463. The second-order valence-corrected chi connectivity index (χ2v) is 7.72. The fourth-order valence-electron chi connectivity index (χ4n) is 4.40. The number of fused-ring (bicyclic) bond motifs is 1. The van der Waals surface area contributed by atoms with Crippen molar-refractivity contribution in [3.63, 3.8) is 0 Å². The van der Waals surface area contributed by atoms with Crippen LogP contribution in [0.3, 0.4) is 0 Å². The van der Waals surface area contributed by atoms with Crippen molar-refractivity contribution in [2.24, 2.45) is 0 Å². The lowest BCUT2D eigenvalue weighted by Gasteiger charge is -2.40. The zero-order chi connectivity index (χ0) is 18.4. The maximum atomic E-state index is 13.5. The van der Waals surface area contributed by atoms with E-state index in [-0.39, 0.29) is 23.4 Å². The van der Waals surface area contributed by atoms with Gasteiger partial charge in [-0.15, -0.1) is 0 Å². The maximum absolute atomic E-state index is 13.5. The van der Waals surface area contributed by atoms with Gasteiger partial charge in [0.1, 0.15) is 11.9 Å². The number of hydrogen-bond donors (Lipinski definition) is 0. The molecule has 2 aromatic carbocycles. The topological polar surface area (TPSA) is 42.1 Å². The molecular formula is C22H22FNO3. The van der Waals surface area contributed by atoms with E-state index in [4.69, 9.17) is 9.47 Å². The molecule has 1 amide bonds. The number of ether oxygens (including phenoxy) is 2. The van der Waals surface area contributed by atoms with Crippen molar-refractivity contribution in [3.8, 4) is 0 Å². The Kier molecular flexibility index (Phi) is 4.02. The first kappa shape index (κ1) is 16.9. The Morgan fingerprint density at radius 2 is 1.93 bits per heavy atom. The molecule has 2 saturated heterocycles. The van der Waals surface area contributed by atoms with Crippen LogP contribution < -0.4 is 0 Å².